The lowest BCUT2D eigenvalue weighted by Gasteiger charge is -2.43. The zero-order valence-corrected chi connectivity index (χ0v) is 62.0. The molecule has 0 bridgehead atoms. The first-order chi connectivity index (χ1) is 42.8. The van der Waals surface area contributed by atoms with Crippen LogP contribution in [-0.4, -0.2) is 152 Å². The van der Waals surface area contributed by atoms with E-state index in [0.29, 0.717) is 0 Å². The maximum absolute atomic E-state index is 8.46. The molecule has 0 radical (unpaired) electrons. The summed E-state index contributed by atoms with van der Waals surface area (Å²) in [5.74, 6) is -2.07. The van der Waals surface area contributed by atoms with Gasteiger partial charge in [0.05, 0.1) is 63.6 Å². The maximum Gasteiger partial charge on any atom is 0.265 e. The molecule has 0 saturated carbocycles. The smallest absolute Gasteiger partial charge is 0.265 e. The quantitative estimate of drug-likeness (QED) is 0.0207. The van der Waals surface area contributed by atoms with Gasteiger partial charge in [0.15, 0.2) is 25.2 Å². The minimum absolute atomic E-state index is 0.0287. The van der Waals surface area contributed by atoms with Gasteiger partial charge >= 0.3 is 0 Å². The highest BCUT2D eigenvalue weighted by molar-refractivity contribution is 7.10. The van der Waals surface area contributed by atoms with E-state index < -0.39 is 113 Å². The second-order valence-electron chi connectivity index (χ2n) is 26.4. The summed E-state index contributed by atoms with van der Waals surface area (Å²) in [4.78, 5) is 0. The molecule has 5 heterocycles. The van der Waals surface area contributed by atoms with Crippen LogP contribution in [0.25, 0.3) is 0 Å². The molecule has 17 nitrogen and oxygen atoms in total. The lowest BCUT2D eigenvalue weighted by molar-refractivity contribution is -0.225. The van der Waals surface area contributed by atoms with Crippen LogP contribution in [0.3, 0.4) is 0 Å². The molecule has 24 unspecified atom stereocenters. The van der Waals surface area contributed by atoms with Gasteiger partial charge in [-0.1, -0.05) is 232 Å². The molecule has 4 aromatic rings. The summed E-state index contributed by atoms with van der Waals surface area (Å²) in [5, 5.41) is 12.7. The molecule has 5 saturated heterocycles. The molecule has 24 atom stereocenters. The molecule has 5 aliphatic heterocycles. The second kappa shape index (κ2) is 31.5. The maximum atomic E-state index is 8.46. The van der Waals surface area contributed by atoms with Gasteiger partial charge in [0.25, 0.3) is 20.4 Å². The molecule has 1 N–H and O–H groups in total. The van der Waals surface area contributed by atoms with Crippen LogP contribution >= 0.6 is 72.7 Å². The van der Waals surface area contributed by atoms with Crippen molar-refractivity contribution in [1.82, 2.24) is 0 Å². The van der Waals surface area contributed by atoms with Gasteiger partial charge in [-0.15, -0.1) is 0 Å². The van der Waals surface area contributed by atoms with E-state index in [1.807, 2.05) is 58.9 Å². The largest absolute Gasteiger partial charge is 0.448 e. The Hall–Kier alpha value is -1.23. The van der Waals surface area contributed by atoms with E-state index in [4.69, 9.17) is 115 Å². The molecule has 26 heteroatoms. The fourth-order valence-corrected chi connectivity index (χ4v) is 24.7. The van der Waals surface area contributed by atoms with E-state index in [1.54, 1.807) is 0 Å². The van der Waals surface area contributed by atoms with Gasteiger partial charge in [0, 0.05) is 67.5 Å². The summed E-state index contributed by atoms with van der Waals surface area (Å²) in [7, 11) is 3.80. The van der Waals surface area contributed by atoms with Crippen LogP contribution < -0.4 is 20.7 Å². The predicted molar refractivity (Wildman–Crippen MR) is 366 cm³/mol. The zero-order chi connectivity index (χ0) is 64.9. The Labute approximate surface area is 558 Å². The van der Waals surface area contributed by atoms with Crippen LogP contribution in [0, 0.1) is 35.0 Å². The summed E-state index contributed by atoms with van der Waals surface area (Å²) in [5.41, 5.74) is 0. The van der Waals surface area contributed by atoms with Gasteiger partial charge in [-0.2, -0.15) is 0 Å². The zero-order valence-electron chi connectivity index (χ0n) is 53.1. The Kier molecular flexibility index (Phi) is 25.6. The van der Waals surface area contributed by atoms with Crippen molar-refractivity contribution in [1.29, 1.82) is 5.41 Å². The van der Waals surface area contributed by atoms with E-state index >= 15 is 0 Å². The van der Waals surface area contributed by atoms with Gasteiger partial charge in [0.1, 0.15) is 30.5 Å². The Morgan fingerprint density at radius 1 is 0.400 bits per heavy atom. The van der Waals surface area contributed by atoms with Crippen LogP contribution in [0.1, 0.15) is 76.2 Å². The summed E-state index contributed by atoms with van der Waals surface area (Å²) in [6.07, 6.45) is -9.12. The van der Waals surface area contributed by atoms with E-state index in [1.165, 1.54) is 20.7 Å². The lowest BCUT2D eigenvalue weighted by Crippen LogP contribution is -2.67. The average Bonchev–Trinajstić information content (AvgIpc) is 1.13. The standard InChI is InChI=1S/C64H92Cl3NO16P4Si2/c1-37-51(79-59-41(5)55(84-88)48(78-59)34-71-58-40(4)54(83-87)50(76-58)36-73-90(63(9,10)11,44-28-20-14-21-29-44)45-30-22-15-23-31-45)46(77-60(37)80-61(68)64(65,66)67)32-69-56-38(2)52(81-85)47(74-56)33-70-57-39(3)53(82-86)49(75-57)35-72-89(62(6,7)8,42-24-16-12-17-25-42)43-26-18-13-19-27-43/h12-31,37-41,46-60,68H,32-36,85-88H2,1-11H3. The molecular weight excluding hydrogens is 1330 g/mol. The van der Waals surface area contributed by atoms with Gasteiger partial charge in [-0.05, 0) is 30.8 Å². The number of benzene rings is 4. The van der Waals surface area contributed by atoms with Crippen molar-refractivity contribution in [3.8, 4) is 0 Å². The third kappa shape index (κ3) is 15.7. The summed E-state index contributed by atoms with van der Waals surface area (Å²) in [6.45, 7) is 24.2. The number of hydrogen-bond donors (Lipinski definition) is 1. The SMILES string of the molecule is CC1C(OCC2OC(OC(=N)C(Cl)(Cl)Cl)C(C)C2OC2OC(COC3OC(CO[Si](c4ccccc4)(c4ccccc4)C(C)(C)C)C(OP)C3C)C(OP)C2C)OC(COC2OC(CO[Si](c3ccccc3)(c3ccccc3)C(C)(C)C)C(OP)C2C)C1OP. The summed E-state index contributed by atoms with van der Waals surface area (Å²) >= 11 is 18.4. The number of hydrogen-bond acceptors (Lipinski definition) is 17. The van der Waals surface area contributed by atoms with Gasteiger partial charge in [-0.3, -0.25) is 5.41 Å². The fourth-order valence-electron chi connectivity index (χ4n) is 13.8. The van der Waals surface area contributed by atoms with Crippen molar-refractivity contribution in [2.24, 2.45) is 29.6 Å². The minimum atomic E-state index is -2.89. The predicted octanol–water partition coefficient (Wildman–Crippen LogP) is 10.4. The highest BCUT2D eigenvalue weighted by Gasteiger charge is 2.57. The molecule has 9 rings (SSSR count). The normalized spacial score (nSPS) is 33.5. The summed E-state index contributed by atoms with van der Waals surface area (Å²) < 4.78 is 102. The first kappa shape index (κ1) is 73.0. The molecule has 0 aliphatic carbocycles. The van der Waals surface area contributed by atoms with E-state index in [9.17, 15) is 0 Å². The first-order valence-electron chi connectivity index (χ1n) is 30.9. The van der Waals surface area contributed by atoms with Crippen LogP contribution in [0.15, 0.2) is 121 Å². The Bertz CT molecular complexity index is 2800. The van der Waals surface area contributed by atoms with Crippen molar-refractivity contribution >= 4 is 116 Å². The molecule has 0 amide bonds. The summed E-state index contributed by atoms with van der Waals surface area (Å²) in [6, 6.07) is 42.1. The Balaban J connectivity index is 0.834. The van der Waals surface area contributed by atoms with Crippen molar-refractivity contribution < 1.29 is 74.3 Å². The van der Waals surface area contributed by atoms with Crippen molar-refractivity contribution in [2.75, 3.05) is 33.0 Å². The first-order valence-corrected chi connectivity index (χ1v) is 37.7. The van der Waals surface area contributed by atoms with E-state index in [2.05, 4.69) is 176 Å². The number of nitrogens with one attached hydrogen (secondary N) is 1. The van der Waals surface area contributed by atoms with Gasteiger partial charge in [0.2, 0.25) is 12.2 Å². The van der Waals surface area contributed by atoms with Crippen LogP contribution in [-0.2, 0) is 74.3 Å². The van der Waals surface area contributed by atoms with E-state index in [-0.39, 0.29) is 79.0 Å². The topological polar surface area (TPSA) is 172 Å². The number of rotatable bonds is 26. The number of alkyl halides is 3. The van der Waals surface area contributed by atoms with Gasteiger partial charge < -0.3 is 74.3 Å². The fraction of sp³-hybridized carbons (Fsp3) is 0.609. The third-order valence-electron chi connectivity index (χ3n) is 18.6. The number of halogens is 3. The Morgan fingerprint density at radius 2 is 0.656 bits per heavy atom. The second-order valence-corrected chi connectivity index (χ2v) is 38.4. The van der Waals surface area contributed by atoms with Crippen molar-refractivity contribution in [3.05, 3.63) is 121 Å². The van der Waals surface area contributed by atoms with Crippen LogP contribution in [0.2, 0.25) is 10.1 Å². The third-order valence-corrected chi connectivity index (χ3v) is 30.3. The Morgan fingerprint density at radius 3 is 0.944 bits per heavy atom. The van der Waals surface area contributed by atoms with Crippen LogP contribution in [0.5, 0.6) is 0 Å². The van der Waals surface area contributed by atoms with E-state index in [0.717, 1.165) is 0 Å². The van der Waals surface area contributed by atoms with Crippen molar-refractivity contribution in [2.45, 2.75) is 183 Å². The highest BCUT2D eigenvalue weighted by Crippen LogP contribution is 2.44. The molecule has 5 fully saturated rings. The molecular formula is C64H92Cl3NO16P4Si2. The molecule has 0 spiro atoms. The minimum Gasteiger partial charge on any atom is -0.448 e. The highest BCUT2D eigenvalue weighted by atomic mass is 35.6. The molecule has 4 aromatic carbocycles. The average molecular weight is 1420 g/mol. The number of ether oxygens (including phenoxy) is 10. The lowest BCUT2D eigenvalue weighted by atomic mass is 10.0. The molecule has 0 aromatic heterocycles. The van der Waals surface area contributed by atoms with Crippen molar-refractivity contribution in [3.63, 3.8) is 0 Å². The monoisotopic (exact) mass is 1420 g/mol. The van der Waals surface area contributed by atoms with Crippen LogP contribution in [0.4, 0.5) is 0 Å². The molecule has 498 valence electrons. The van der Waals surface area contributed by atoms with Gasteiger partial charge in [-0.25, -0.2) is 0 Å². The molecule has 5 aliphatic rings. The molecule has 90 heavy (non-hydrogen) atoms.